The molecule has 3 rings (SSSR count). The Morgan fingerprint density at radius 3 is 2.38 bits per heavy atom. The van der Waals surface area contributed by atoms with Gasteiger partial charge >= 0.3 is 0 Å². The number of nitrogens with one attached hydrogen (secondary N) is 1. The molecule has 4 heteroatoms. The van der Waals surface area contributed by atoms with Crippen LogP contribution >= 0.6 is 0 Å². The SMILES string of the molecule is CC1(C(=O)NC2(CN3CCCC3)CCCCC2)CCCO1. The maximum absolute atomic E-state index is 12.8. The summed E-state index contributed by atoms with van der Waals surface area (Å²) < 4.78 is 5.73. The summed E-state index contributed by atoms with van der Waals surface area (Å²) in [6.07, 6.45) is 10.5. The summed E-state index contributed by atoms with van der Waals surface area (Å²) in [4.78, 5) is 15.3. The van der Waals surface area contributed by atoms with Gasteiger partial charge in [-0.3, -0.25) is 4.79 Å². The van der Waals surface area contributed by atoms with Crippen LogP contribution in [0.25, 0.3) is 0 Å². The monoisotopic (exact) mass is 294 g/mol. The second kappa shape index (κ2) is 6.25. The molecule has 3 fully saturated rings. The van der Waals surface area contributed by atoms with Crippen LogP contribution in [0.3, 0.4) is 0 Å². The van der Waals surface area contributed by atoms with Crippen molar-refractivity contribution in [3.63, 3.8) is 0 Å². The number of carbonyl (C=O) groups excluding carboxylic acids is 1. The molecule has 0 radical (unpaired) electrons. The summed E-state index contributed by atoms with van der Waals surface area (Å²) in [6.45, 7) is 6.12. The molecule has 120 valence electrons. The summed E-state index contributed by atoms with van der Waals surface area (Å²) in [6, 6.07) is 0. The van der Waals surface area contributed by atoms with Crippen molar-refractivity contribution in [2.24, 2.45) is 0 Å². The van der Waals surface area contributed by atoms with Crippen LogP contribution in [0.4, 0.5) is 0 Å². The van der Waals surface area contributed by atoms with Crippen LogP contribution < -0.4 is 5.32 Å². The number of hydrogen-bond donors (Lipinski definition) is 1. The molecule has 1 atom stereocenters. The zero-order valence-corrected chi connectivity index (χ0v) is 13.5. The lowest BCUT2D eigenvalue weighted by Crippen LogP contribution is -2.60. The summed E-state index contributed by atoms with van der Waals surface area (Å²) >= 11 is 0. The summed E-state index contributed by atoms with van der Waals surface area (Å²) in [5, 5.41) is 3.44. The molecular formula is C17H30N2O2. The van der Waals surface area contributed by atoms with E-state index >= 15 is 0 Å². The van der Waals surface area contributed by atoms with Crippen LogP contribution in [0, 0.1) is 0 Å². The van der Waals surface area contributed by atoms with Gasteiger partial charge in [0.2, 0.25) is 0 Å². The molecule has 2 saturated heterocycles. The van der Waals surface area contributed by atoms with Gasteiger partial charge in [0.25, 0.3) is 5.91 Å². The highest BCUT2D eigenvalue weighted by molar-refractivity contribution is 5.85. The molecule has 0 aromatic carbocycles. The molecule has 1 saturated carbocycles. The van der Waals surface area contributed by atoms with Crippen LogP contribution in [-0.4, -0.2) is 48.2 Å². The minimum absolute atomic E-state index is 0.00532. The number of ether oxygens (including phenoxy) is 1. The third kappa shape index (κ3) is 3.42. The van der Waals surface area contributed by atoms with Crippen molar-refractivity contribution in [1.82, 2.24) is 10.2 Å². The molecule has 3 aliphatic rings. The Morgan fingerprint density at radius 1 is 1.05 bits per heavy atom. The molecular weight excluding hydrogens is 264 g/mol. The van der Waals surface area contributed by atoms with Gasteiger partial charge in [-0.15, -0.1) is 0 Å². The number of rotatable bonds is 4. The summed E-state index contributed by atoms with van der Waals surface area (Å²) in [5.74, 6) is 0.126. The van der Waals surface area contributed by atoms with E-state index in [1.165, 1.54) is 45.2 Å². The third-order valence-corrected chi connectivity index (χ3v) is 5.61. The summed E-state index contributed by atoms with van der Waals surface area (Å²) in [7, 11) is 0. The molecule has 1 unspecified atom stereocenters. The highest BCUT2D eigenvalue weighted by Gasteiger charge is 2.43. The fourth-order valence-corrected chi connectivity index (χ4v) is 4.25. The highest BCUT2D eigenvalue weighted by atomic mass is 16.5. The lowest BCUT2D eigenvalue weighted by atomic mass is 9.80. The highest BCUT2D eigenvalue weighted by Crippen LogP contribution is 2.32. The average molecular weight is 294 g/mol. The number of carbonyl (C=O) groups is 1. The van der Waals surface area contributed by atoms with E-state index in [-0.39, 0.29) is 11.4 Å². The molecule has 0 bridgehead atoms. The maximum atomic E-state index is 12.8. The van der Waals surface area contributed by atoms with Gasteiger partial charge < -0.3 is 15.0 Å². The second-order valence-corrected chi connectivity index (χ2v) is 7.46. The number of nitrogens with zero attached hydrogens (tertiary/aromatic N) is 1. The first-order valence-corrected chi connectivity index (χ1v) is 8.81. The van der Waals surface area contributed by atoms with Gasteiger partial charge in [0.05, 0.1) is 5.54 Å². The third-order valence-electron chi connectivity index (χ3n) is 5.61. The van der Waals surface area contributed by atoms with Crippen LogP contribution in [0.2, 0.25) is 0 Å². The normalized spacial score (nSPS) is 33.2. The van der Waals surface area contributed by atoms with E-state index in [0.717, 1.165) is 38.8 Å². The number of likely N-dealkylation sites (tertiary alicyclic amines) is 1. The van der Waals surface area contributed by atoms with Crippen LogP contribution in [0.15, 0.2) is 0 Å². The fourth-order valence-electron chi connectivity index (χ4n) is 4.25. The number of hydrogen-bond acceptors (Lipinski definition) is 3. The Morgan fingerprint density at radius 2 is 1.76 bits per heavy atom. The maximum Gasteiger partial charge on any atom is 0.252 e. The van der Waals surface area contributed by atoms with Gasteiger partial charge in [-0.05, 0) is 58.5 Å². The standard InChI is InChI=1S/C17H30N2O2/c1-16(8-7-13-21-16)15(20)18-17(9-3-2-4-10-17)14-19-11-5-6-12-19/h2-14H2,1H3,(H,18,20). The summed E-state index contributed by atoms with van der Waals surface area (Å²) in [5.41, 5.74) is -0.593. The largest absolute Gasteiger partial charge is 0.365 e. The van der Waals surface area contributed by atoms with Crippen molar-refractivity contribution in [2.45, 2.75) is 75.9 Å². The van der Waals surface area contributed by atoms with E-state index < -0.39 is 5.60 Å². The van der Waals surface area contributed by atoms with Gasteiger partial charge in [0.15, 0.2) is 0 Å². The Hall–Kier alpha value is -0.610. The molecule has 1 N–H and O–H groups in total. The van der Waals surface area contributed by atoms with E-state index in [1.807, 2.05) is 6.92 Å². The quantitative estimate of drug-likeness (QED) is 0.866. The van der Waals surface area contributed by atoms with E-state index in [2.05, 4.69) is 10.2 Å². The fraction of sp³-hybridized carbons (Fsp3) is 0.941. The second-order valence-electron chi connectivity index (χ2n) is 7.46. The van der Waals surface area contributed by atoms with Gasteiger partial charge in [0, 0.05) is 13.2 Å². The van der Waals surface area contributed by atoms with Crippen LogP contribution in [-0.2, 0) is 9.53 Å². The van der Waals surface area contributed by atoms with Crippen molar-refractivity contribution in [1.29, 1.82) is 0 Å². The molecule has 0 aromatic rings. The van der Waals surface area contributed by atoms with Gasteiger partial charge in [-0.2, -0.15) is 0 Å². The molecule has 21 heavy (non-hydrogen) atoms. The van der Waals surface area contributed by atoms with Crippen LogP contribution in [0.1, 0.15) is 64.7 Å². The lowest BCUT2D eigenvalue weighted by molar-refractivity contribution is -0.142. The Bertz CT molecular complexity index is 365. The van der Waals surface area contributed by atoms with Crippen molar-refractivity contribution < 1.29 is 9.53 Å². The van der Waals surface area contributed by atoms with Crippen molar-refractivity contribution in [3.05, 3.63) is 0 Å². The first-order valence-electron chi connectivity index (χ1n) is 8.81. The van der Waals surface area contributed by atoms with Gasteiger partial charge in [-0.1, -0.05) is 19.3 Å². The first-order chi connectivity index (χ1) is 10.1. The van der Waals surface area contributed by atoms with E-state index in [9.17, 15) is 4.79 Å². The molecule has 2 heterocycles. The number of amides is 1. The zero-order chi connectivity index (χ0) is 14.8. The topological polar surface area (TPSA) is 41.6 Å². The molecule has 1 aliphatic carbocycles. The molecule has 0 spiro atoms. The Kier molecular flexibility index (Phi) is 4.55. The molecule has 4 nitrogen and oxygen atoms in total. The molecule has 2 aliphatic heterocycles. The average Bonchev–Trinajstić information content (AvgIpc) is 3.12. The predicted molar refractivity (Wildman–Crippen MR) is 83.2 cm³/mol. The first kappa shape index (κ1) is 15.3. The van der Waals surface area contributed by atoms with Crippen LogP contribution in [0.5, 0.6) is 0 Å². The van der Waals surface area contributed by atoms with Crippen molar-refractivity contribution in [3.8, 4) is 0 Å². The van der Waals surface area contributed by atoms with E-state index in [1.54, 1.807) is 0 Å². The van der Waals surface area contributed by atoms with E-state index in [0.29, 0.717) is 0 Å². The molecule has 0 aromatic heterocycles. The van der Waals surface area contributed by atoms with Crippen molar-refractivity contribution in [2.75, 3.05) is 26.2 Å². The lowest BCUT2D eigenvalue weighted by Gasteiger charge is -2.42. The van der Waals surface area contributed by atoms with Crippen molar-refractivity contribution >= 4 is 5.91 Å². The zero-order valence-electron chi connectivity index (χ0n) is 13.5. The predicted octanol–water partition coefficient (Wildman–Crippen LogP) is 2.47. The van der Waals surface area contributed by atoms with Gasteiger partial charge in [0.1, 0.15) is 5.60 Å². The smallest absolute Gasteiger partial charge is 0.252 e. The Balaban J connectivity index is 1.67. The minimum atomic E-state index is -0.588. The van der Waals surface area contributed by atoms with E-state index in [4.69, 9.17) is 4.74 Å². The Labute approximate surface area is 128 Å². The molecule has 1 amide bonds. The van der Waals surface area contributed by atoms with Gasteiger partial charge in [-0.25, -0.2) is 0 Å². The minimum Gasteiger partial charge on any atom is -0.365 e.